The molecule has 1 atom stereocenters. The Hall–Kier alpha value is 0.840. The summed E-state index contributed by atoms with van der Waals surface area (Å²) in [5.74, 6) is 0. The van der Waals surface area contributed by atoms with Crippen molar-refractivity contribution in [1.29, 1.82) is 0 Å². The molecule has 78 valence electrons. The number of hydrogen-bond acceptors (Lipinski definition) is 4. The van der Waals surface area contributed by atoms with Crippen LogP contribution in [0.4, 0.5) is 0 Å². The van der Waals surface area contributed by atoms with Crippen molar-refractivity contribution in [3.8, 4) is 0 Å². The van der Waals surface area contributed by atoms with E-state index < -0.39 is 0 Å². The van der Waals surface area contributed by atoms with Gasteiger partial charge in [-0.2, -0.15) is 0 Å². The number of rotatable bonds is 6. The van der Waals surface area contributed by atoms with Crippen molar-refractivity contribution in [1.82, 2.24) is 0 Å². The Morgan fingerprint density at radius 2 is 2.07 bits per heavy atom. The van der Waals surface area contributed by atoms with Crippen molar-refractivity contribution in [2.45, 2.75) is 25.6 Å². The average Bonchev–Trinajstić information content (AvgIpc) is 2.19. The predicted molar refractivity (Wildman–Crippen MR) is 45.2 cm³/mol. The summed E-state index contributed by atoms with van der Waals surface area (Å²) in [5, 5.41) is 10.0. The van der Waals surface area contributed by atoms with Crippen LogP contribution in [0.5, 0.6) is 0 Å². The van der Waals surface area contributed by atoms with Crippen molar-refractivity contribution in [3.05, 3.63) is 0 Å². The van der Waals surface area contributed by atoms with E-state index in [-0.39, 0.29) is 49.1 Å². The van der Waals surface area contributed by atoms with E-state index >= 15 is 0 Å². The molecule has 1 rings (SSSR count). The van der Waals surface area contributed by atoms with Crippen LogP contribution in [0.25, 0.3) is 0 Å². The van der Waals surface area contributed by atoms with E-state index in [1.807, 2.05) is 0 Å². The van der Waals surface area contributed by atoms with Crippen LogP contribution < -0.4 is 34.7 Å². The third-order valence-corrected chi connectivity index (χ3v) is 1.90. The van der Waals surface area contributed by atoms with Gasteiger partial charge in [-0.1, -0.05) is 0 Å². The van der Waals surface area contributed by atoms with Crippen molar-refractivity contribution in [3.63, 3.8) is 0 Å². The Morgan fingerprint density at radius 3 is 2.71 bits per heavy atom. The van der Waals surface area contributed by atoms with E-state index in [9.17, 15) is 5.11 Å². The first-order valence-electron chi connectivity index (χ1n) is 4.82. The summed E-state index contributed by atoms with van der Waals surface area (Å²) in [4.78, 5) is 0. The van der Waals surface area contributed by atoms with Crippen LogP contribution in [0.2, 0.25) is 0 Å². The molecule has 1 heterocycles. The van der Waals surface area contributed by atoms with E-state index in [0.717, 1.165) is 19.4 Å². The summed E-state index contributed by atoms with van der Waals surface area (Å²) in [6.45, 7) is 1.90. The summed E-state index contributed by atoms with van der Waals surface area (Å²) in [6, 6.07) is 0. The topological polar surface area (TPSA) is 50.8 Å². The van der Waals surface area contributed by atoms with Gasteiger partial charge in [0.05, 0.1) is 13.2 Å². The molecule has 0 saturated carbocycles. The van der Waals surface area contributed by atoms with Crippen LogP contribution in [0, 0.1) is 0 Å². The van der Waals surface area contributed by atoms with Gasteiger partial charge in [0.15, 0.2) is 6.29 Å². The number of ether oxygens (including phenoxy) is 3. The standard InChI is InChI=1S/C9H17O4.Na/c10-4-6-11-7-8-13-9-3-1-2-5-12-9;/h9H,1-8H2;/q-1;+1. The van der Waals surface area contributed by atoms with E-state index in [4.69, 9.17) is 14.2 Å². The fraction of sp³-hybridized carbons (Fsp3) is 1.00. The first-order valence-corrected chi connectivity index (χ1v) is 4.82. The van der Waals surface area contributed by atoms with Gasteiger partial charge in [0, 0.05) is 13.2 Å². The summed E-state index contributed by atoms with van der Waals surface area (Å²) < 4.78 is 15.7. The molecule has 1 saturated heterocycles. The zero-order valence-corrected chi connectivity index (χ0v) is 10.9. The SMILES string of the molecule is [Na+].[O-]CCOCCOC1CCCCO1. The fourth-order valence-corrected chi connectivity index (χ4v) is 1.24. The minimum atomic E-state index is -0.181. The Labute approximate surface area is 107 Å². The molecule has 0 aromatic heterocycles. The van der Waals surface area contributed by atoms with Gasteiger partial charge in [-0.15, -0.1) is 6.61 Å². The third kappa shape index (κ3) is 7.17. The minimum Gasteiger partial charge on any atom is -0.853 e. The van der Waals surface area contributed by atoms with E-state index in [1.165, 1.54) is 6.42 Å². The van der Waals surface area contributed by atoms with Gasteiger partial charge in [0.1, 0.15) is 0 Å². The van der Waals surface area contributed by atoms with Crippen molar-refractivity contribution in [2.75, 3.05) is 33.0 Å². The van der Waals surface area contributed by atoms with Crippen LogP contribution in [0.1, 0.15) is 19.3 Å². The molecule has 1 aliphatic heterocycles. The van der Waals surface area contributed by atoms with Crippen LogP contribution in [-0.2, 0) is 14.2 Å². The quantitative estimate of drug-likeness (QED) is 0.346. The molecule has 0 aromatic rings. The molecule has 5 heteroatoms. The first-order chi connectivity index (χ1) is 6.43. The van der Waals surface area contributed by atoms with Gasteiger partial charge in [-0.05, 0) is 19.3 Å². The van der Waals surface area contributed by atoms with E-state index in [1.54, 1.807) is 0 Å². The molecule has 14 heavy (non-hydrogen) atoms. The Morgan fingerprint density at radius 1 is 1.21 bits per heavy atom. The molecule has 0 aliphatic carbocycles. The molecule has 0 bridgehead atoms. The second kappa shape index (κ2) is 10.4. The van der Waals surface area contributed by atoms with Gasteiger partial charge in [0.2, 0.25) is 0 Å². The predicted octanol–water partition coefficient (Wildman–Crippen LogP) is -3.09. The van der Waals surface area contributed by atoms with Gasteiger partial charge >= 0.3 is 29.6 Å². The van der Waals surface area contributed by atoms with Crippen LogP contribution in [-0.4, -0.2) is 39.3 Å². The molecule has 0 N–H and O–H groups in total. The average molecular weight is 212 g/mol. The molecule has 0 spiro atoms. The third-order valence-electron chi connectivity index (χ3n) is 1.90. The second-order valence-corrected chi connectivity index (χ2v) is 2.98. The van der Waals surface area contributed by atoms with Gasteiger partial charge in [-0.25, -0.2) is 0 Å². The van der Waals surface area contributed by atoms with Crippen LogP contribution in [0.3, 0.4) is 0 Å². The zero-order valence-electron chi connectivity index (χ0n) is 8.87. The van der Waals surface area contributed by atoms with Crippen LogP contribution in [0.15, 0.2) is 0 Å². The summed E-state index contributed by atoms with van der Waals surface area (Å²) in [5.41, 5.74) is 0. The maximum Gasteiger partial charge on any atom is 1.00 e. The largest absolute Gasteiger partial charge is 1.00 e. The molecule has 1 unspecified atom stereocenters. The zero-order chi connectivity index (χ0) is 9.36. The van der Waals surface area contributed by atoms with E-state index in [2.05, 4.69) is 0 Å². The van der Waals surface area contributed by atoms with E-state index in [0.29, 0.717) is 13.2 Å². The molecular weight excluding hydrogens is 195 g/mol. The second-order valence-electron chi connectivity index (χ2n) is 2.98. The maximum absolute atomic E-state index is 10.0. The maximum atomic E-state index is 10.0. The van der Waals surface area contributed by atoms with Gasteiger partial charge in [0.25, 0.3) is 0 Å². The summed E-state index contributed by atoms with van der Waals surface area (Å²) in [7, 11) is 0. The normalized spacial score (nSPS) is 21.6. The van der Waals surface area contributed by atoms with Crippen molar-refractivity contribution < 1.29 is 48.9 Å². The summed E-state index contributed by atoms with van der Waals surface area (Å²) >= 11 is 0. The smallest absolute Gasteiger partial charge is 0.853 e. The molecule has 0 aromatic carbocycles. The Balaban J connectivity index is 0.00000169. The van der Waals surface area contributed by atoms with Gasteiger partial charge in [-0.3, -0.25) is 0 Å². The fourth-order valence-electron chi connectivity index (χ4n) is 1.24. The minimum absolute atomic E-state index is 0. The Bertz CT molecular complexity index is 117. The van der Waals surface area contributed by atoms with Crippen molar-refractivity contribution >= 4 is 0 Å². The molecule has 0 radical (unpaired) electrons. The molecule has 0 amide bonds. The summed E-state index contributed by atoms with van der Waals surface area (Å²) in [6.07, 6.45) is 3.23. The molecule has 1 aliphatic rings. The molecule has 1 fully saturated rings. The van der Waals surface area contributed by atoms with Crippen LogP contribution >= 0.6 is 0 Å². The number of hydrogen-bond donors (Lipinski definition) is 0. The monoisotopic (exact) mass is 212 g/mol. The molecular formula is C9H17NaO4. The van der Waals surface area contributed by atoms with Crippen molar-refractivity contribution in [2.24, 2.45) is 0 Å². The Kier molecular flexibility index (Phi) is 11.0. The van der Waals surface area contributed by atoms with Gasteiger partial charge < -0.3 is 19.3 Å². The molecule has 4 nitrogen and oxygen atoms in total. The first kappa shape index (κ1) is 14.8.